The summed E-state index contributed by atoms with van der Waals surface area (Å²) in [6, 6.07) is 31.7. The van der Waals surface area contributed by atoms with Crippen molar-refractivity contribution in [3.63, 3.8) is 0 Å². The Labute approximate surface area is 291 Å². The maximum absolute atomic E-state index is 11.0. The van der Waals surface area contributed by atoms with Crippen LogP contribution < -0.4 is 9.47 Å². The minimum absolute atomic E-state index is 0.0880. The highest BCUT2D eigenvalue weighted by Gasteiger charge is 2.24. The second-order valence-electron chi connectivity index (χ2n) is 13.9. The van der Waals surface area contributed by atoms with Crippen LogP contribution in [0, 0.1) is 0 Å². The van der Waals surface area contributed by atoms with Crippen molar-refractivity contribution in [2.45, 2.75) is 38.9 Å². The van der Waals surface area contributed by atoms with E-state index in [-0.39, 0.29) is 11.5 Å². The van der Waals surface area contributed by atoms with Crippen LogP contribution in [0.5, 0.6) is 23.0 Å². The Hall–Kier alpha value is -6.14. The van der Waals surface area contributed by atoms with Gasteiger partial charge in [0.05, 0.1) is 11.4 Å². The van der Waals surface area contributed by atoms with Gasteiger partial charge in [0.15, 0.2) is 0 Å². The maximum Gasteiger partial charge on any atom is 0.131 e. The van der Waals surface area contributed by atoms with Crippen molar-refractivity contribution in [3.8, 4) is 34.1 Å². The number of rotatable bonds is 5. The highest BCUT2D eigenvalue weighted by Crippen LogP contribution is 2.46. The summed E-state index contributed by atoms with van der Waals surface area (Å²) in [6.07, 6.45) is 11.4. The lowest BCUT2D eigenvalue weighted by atomic mass is 9.91. The summed E-state index contributed by atoms with van der Waals surface area (Å²) >= 11 is 0. The van der Waals surface area contributed by atoms with E-state index in [0.29, 0.717) is 22.6 Å². The van der Waals surface area contributed by atoms with Crippen molar-refractivity contribution in [3.05, 3.63) is 131 Å². The molecule has 2 heterocycles. The lowest BCUT2D eigenvalue weighted by molar-refractivity contribution is 0.158. The quantitative estimate of drug-likeness (QED) is 0.181. The Morgan fingerprint density at radius 1 is 0.540 bits per heavy atom. The molecule has 6 aromatic carbocycles. The van der Waals surface area contributed by atoms with E-state index in [1.54, 1.807) is 24.6 Å². The molecule has 6 heteroatoms. The van der Waals surface area contributed by atoms with Crippen LogP contribution in [0.1, 0.15) is 49.9 Å². The number of aromatic hydroxyl groups is 2. The molecule has 50 heavy (non-hydrogen) atoms. The number of nitrogens with zero attached hydrogens (tertiary/aromatic N) is 2. The predicted molar refractivity (Wildman–Crippen MR) is 205 cm³/mol. The zero-order valence-corrected chi connectivity index (χ0v) is 28.3. The molecular weight excluding hydrogens is 620 g/mol. The van der Waals surface area contributed by atoms with Crippen molar-refractivity contribution in [2.75, 3.05) is 0 Å². The minimum atomic E-state index is -0.449. The van der Waals surface area contributed by atoms with Crippen LogP contribution in [0.25, 0.3) is 44.8 Å². The van der Waals surface area contributed by atoms with Gasteiger partial charge in [0, 0.05) is 57.9 Å². The SMILES string of the molecule is CC1(C)C=Cc2cc(C=Nc3ccc4ccccc4c3-c3c(N=Cc4cc5c(cc4O)OC(C)(C)C=C5)ccc4ccccc34)c(O)cc2O1. The third-order valence-corrected chi connectivity index (χ3v) is 9.14. The lowest BCUT2D eigenvalue weighted by Crippen LogP contribution is -2.27. The molecule has 2 N–H and O–H groups in total. The Morgan fingerprint density at radius 2 is 0.960 bits per heavy atom. The van der Waals surface area contributed by atoms with Gasteiger partial charge in [-0.3, -0.25) is 9.98 Å². The molecule has 0 amide bonds. The Morgan fingerprint density at radius 3 is 1.40 bits per heavy atom. The van der Waals surface area contributed by atoms with Crippen LogP contribution in [-0.4, -0.2) is 33.8 Å². The predicted octanol–water partition coefficient (Wildman–Crippen LogP) is 10.9. The molecule has 0 saturated carbocycles. The number of ether oxygens (including phenoxy) is 2. The first-order chi connectivity index (χ1) is 24.0. The van der Waals surface area contributed by atoms with Gasteiger partial charge in [-0.05, 0) is 85.7 Å². The van der Waals surface area contributed by atoms with Crippen LogP contribution in [0.3, 0.4) is 0 Å². The van der Waals surface area contributed by atoms with Crippen LogP contribution in [0.4, 0.5) is 11.4 Å². The molecule has 0 saturated heterocycles. The number of phenolic OH excluding ortho intramolecular Hbond substituents is 2. The highest BCUT2D eigenvalue weighted by molar-refractivity contribution is 6.13. The molecule has 0 unspecified atom stereocenters. The number of fused-ring (bicyclic) bond motifs is 4. The van der Waals surface area contributed by atoms with Crippen molar-refractivity contribution < 1.29 is 19.7 Å². The van der Waals surface area contributed by atoms with Crippen molar-refractivity contribution in [2.24, 2.45) is 9.98 Å². The molecule has 246 valence electrons. The molecule has 8 rings (SSSR count). The van der Waals surface area contributed by atoms with E-state index in [9.17, 15) is 10.2 Å². The third-order valence-electron chi connectivity index (χ3n) is 9.14. The molecular formula is C44H36N2O4. The molecule has 0 atom stereocenters. The fourth-order valence-electron chi connectivity index (χ4n) is 6.61. The van der Waals surface area contributed by atoms with Crippen molar-refractivity contribution in [1.82, 2.24) is 0 Å². The first-order valence-corrected chi connectivity index (χ1v) is 16.7. The highest BCUT2D eigenvalue weighted by atomic mass is 16.5. The molecule has 0 fully saturated rings. The second kappa shape index (κ2) is 11.8. The largest absolute Gasteiger partial charge is 0.507 e. The van der Waals surface area contributed by atoms with Gasteiger partial charge in [-0.25, -0.2) is 0 Å². The van der Waals surface area contributed by atoms with Gasteiger partial charge in [-0.1, -0.05) is 72.8 Å². The van der Waals surface area contributed by atoms with Crippen LogP contribution in [-0.2, 0) is 0 Å². The van der Waals surface area contributed by atoms with E-state index in [1.807, 2.05) is 101 Å². The summed E-state index contributed by atoms with van der Waals surface area (Å²) in [5.74, 6) is 1.44. The average molecular weight is 657 g/mol. The third kappa shape index (κ3) is 5.79. The molecule has 0 bridgehead atoms. The van der Waals surface area contributed by atoms with Crippen molar-refractivity contribution in [1.29, 1.82) is 0 Å². The normalized spacial score (nSPS) is 15.7. The summed E-state index contributed by atoms with van der Waals surface area (Å²) in [4.78, 5) is 10.0. The number of hydrogen-bond donors (Lipinski definition) is 2. The monoisotopic (exact) mass is 656 g/mol. The Bertz CT molecular complexity index is 2290. The van der Waals surface area contributed by atoms with E-state index in [4.69, 9.17) is 19.5 Å². The summed E-state index contributed by atoms with van der Waals surface area (Å²) in [6.45, 7) is 7.92. The first kappa shape index (κ1) is 31.1. The second-order valence-corrected chi connectivity index (χ2v) is 13.9. The van der Waals surface area contributed by atoms with Crippen molar-refractivity contribution >= 4 is 57.5 Å². The molecule has 2 aliphatic heterocycles. The zero-order valence-electron chi connectivity index (χ0n) is 28.3. The smallest absolute Gasteiger partial charge is 0.131 e. The van der Waals surface area contributed by atoms with E-state index >= 15 is 0 Å². The molecule has 0 aliphatic carbocycles. The van der Waals surface area contributed by atoms with Gasteiger partial charge in [-0.2, -0.15) is 0 Å². The van der Waals surface area contributed by atoms with Crippen LogP contribution in [0.2, 0.25) is 0 Å². The summed E-state index contributed by atoms with van der Waals surface area (Å²) in [5.41, 5.74) is 5.30. The standard InChI is InChI=1S/C44H36N2O4/c1-43(2)19-17-29-21-31(37(47)23-39(29)49-43)25-45-35-15-13-27-9-5-7-11-33(27)41(35)42-34-12-8-6-10-28(34)14-16-36(42)46-26-32-22-30-18-20-44(3,4)50-40(30)24-38(32)48/h5-26,47-48H,1-4H3. The lowest BCUT2D eigenvalue weighted by Gasteiger charge is -2.28. The molecule has 0 spiro atoms. The maximum atomic E-state index is 11.0. The van der Waals surface area contributed by atoms with Crippen LogP contribution in [0.15, 0.2) is 119 Å². The number of hydrogen-bond acceptors (Lipinski definition) is 6. The summed E-state index contributed by atoms with van der Waals surface area (Å²) in [5, 5.41) is 26.2. The summed E-state index contributed by atoms with van der Waals surface area (Å²) < 4.78 is 12.1. The van der Waals surface area contributed by atoms with Gasteiger partial charge in [0.25, 0.3) is 0 Å². The van der Waals surface area contributed by atoms with Gasteiger partial charge in [0.1, 0.15) is 34.2 Å². The van der Waals surface area contributed by atoms with Gasteiger partial charge in [0.2, 0.25) is 0 Å². The van der Waals surface area contributed by atoms with Gasteiger partial charge < -0.3 is 19.7 Å². The molecule has 6 aromatic rings. The molecule has 2 aliphatic rings. The van der Waals surface area contributed by atoms with E-state index in [1.165, 1.54) is 0 Å². The molecule has 0 aromatic heterocycles. The number of phenols is 2. The van der Waals surface area contributed by atoms with Crippen LogP contribution >= 0.6 is 0 Å². The first-order valence-electron chi connectivity index (χ1n) is 16.7. The van der Waals surface area contributed by atoms with E-state index < -0.39 is 11.2 Å². The Kier molecular flexibility index (Phi) is 7.34. The molecule has 0 radical (unpaired) electrons. The fraction of sp³-hybridized carbons (Fsp3) is 0.136. The Balaban J connectivity index is 1.29. The summed E-state index contributed by atoms with van der Waals surface area (Å²) in [7, 11) is 0. The fourth-order valence-corrected chi connectivity index (χ4v) is 6.61. The van der Waals surface area contributed by atoms with Gasteiger partial charge in [-0.15, -0.1) is 0 Å². The van der Waals surface area contributed by atoms with E-state index in [2.05, 4.69) is 36.4 Å². The van der Waals surface area contributed by atoms with Gasteiger partial charge >= 0.3 is 0 Å². The number of benzene rings is 6. The number of aliphatic imine (C=N–C) groups is 2. The minimum Gasteiger partial charge on any atom is -0.507 e. The van der Waals surface area contributed by atoms with E-state index in [0.717, 1.165) is 55.2 Å². The average Bonchev–Trinajstić information content (AvgIpc) is 3.09. The molecule has 6 nitrogen and oxygen atoms in total. The topological polar surface area (TPSA) is 83.6 Å². The zero-order chi connectivity index (χ0) is 34.6.